The first kappa shape index (κ1) is 12.7. The summed E-state index contributed by atoms with van der Waals surface area (Å²) < 4.78 is 5.62. The van der Waals surface area contributed by atoms with Crippen molar-refractivity contribution in [2.24, 2.45) is 0 Å². The average Bonchev–Trinajstić information content (AvgIpc) is 2.26. The van der Waals surface area contributed by atoms with Crippen molar-refractivity contribution in [3.05, 3.63) is 23.5 Å². The zero-order valence-corrected chi connectivity index (χ0v) is 10.7. The second-order valence-electron chi connectivity index (χ2n) is 3.08. The smallest absolute Gasteiger partial charge is 0.142 e. The van der Waals surface area contributed by atoms with Crippen molar-refractivity contribution in [2.45, 2.75) is 19.7 Å². The Labute approximate surface area is 100 Å². The third-order valence-corrected chi connectivity index (χ3v) is 3.00. The summed E-state index contributed by atoms with van der Waals surface area (Å²) in [5, 5.41) is 0. The van der Waals surface area contributed by atoms with E-state index in [-0.39, 0.29) is 0 Å². The molecule has 0 saturated heterocycles. The molecule has 0 unspecified atom stereocenters. The molecule has 1 heterocycles. The van der Waals surface area contributed by atoms with Gasteiger partial charge in [-0.05, 0) is 24.8 Å². The normalized spacial score (nSPS) is 10.3. The molecule has 0 amide bonds. The van der Waals surface area contributed by atoms with E-state index in [1.54, 1.807) is 0 Å². The highest BCUT2D eigenvalue weighted by Gasteiger charge is 2.04. The molecule has 1 rings (SSSR count). The summed E-state index contributed by atoms with van der Waals surface area (Å²) in [5.74, 6) is 3.34. The molecule has 0 aliphatic heterocycles. The molecule has 84 valence electrons. The van der Waals surface area contributed by atoms with E-state index in [0.29, 0.717) is 12.5 Å². The van der Waals surface area contributed by atoms with Gasteiger partial charge in [0.2, 0.25) is 0 Å². The lowest BCUT2D eigenvalue weighted by Gasteiger charge is -2.09. The molecule has 2 nitrogen and oxygen atoms in total. The summed E-state index contributed by atoms with van der Waals surface area (Å²) in [6, 6.07) is 3.88. The third-order valence-electron chi connectivity index (χ3n) is 1.89. The number of hydrogen-bond acceptors (Lipinski definition) is 3. The van der Waals surface area contributed by atoms with Gasteiger partial charge in [0.25, 0.3) is 0 Å². The molecule has 15 heavy (non-hydrogen) atoms. The molecule has 0 aliphatic rings. The van der Waals surface area contributed by atoms with Crippen LogP contribution in [-0.2, 0) is 5.88 Å². The van der Waals surface area contributed by atoms with Gasteiger partial charge < -0.3 is 4.74 Å². The monoisotopic (exact) mass is 245 g/mol. The fourth-order valence-electron chi connectivity index (χ4n) is 1.18. The number of hydrogen-bond donors (Lipinski definition) is 0. The molecule has 0 N–H and O–H groups in total. The highest BCUT2D eigenvalue weighted by atomic mass is 35.5. The SMILES string of the molecule is CCSCCOc1ccc(C)nc1CCl. The van der Waals surface area contributed by atoms with Crippen molar-refractivity contribution in [3.63, 3.8) is 0 Å². The van der Waals surface area contributed by atoms with Crippen LogP contribution in [0.5, 0.6) is 5.75 Å². The van der Waals surface area contributed by atoms with Crippen molar-refractivity contribution in [1.82, 2.24) is 4.98 Å². The Bertz CT molecular complexity index is 307. The number of nitrogens with zero attached hydrogens (tertiary/aromatic N) is 1. The molecule has 1 aromatic heterocycles. The summed E-state index contributed by atoms with van der Waals surface area (Å²) >= 11 is 7.66. The molecule has 0 spiro atoms. The Morgan fingerprint density at radius 1 is 1.47 bits per heavy atom. The molecule has 0 fully saturated rings. The number of rotatable bonds is 6. The Morgan fingerprint density at radius 2 is 2.27 bits per heavy atom. The molecular formula is C11H16ClNOS. The standard InChI is InChI=1S/C11H16ClNOS/c1-3-15-7-6-14-11-5-4-9(2)13-10(11)8-12/h4-5H,3,6-8H2,1-2H3. The van der Waals surface area contributed by atoms with E-state index < -0.39 is 0 Å². The minimum Gasteiger partial charge on any atom is -0.491 e. The largest absolute Gasteiger partial charge is 0.491 e. The minimum atomic E-state index is 0.401. The van der Waals surface area contributed by atoms with Crippen LogP contribution in [0.2, 0.25) is 0 Å². The summed E-state index contributed by atoms with van der Waals surface area (Å²) in [6.07, 6.45) is 0. The van der Waals surface area contributed by atoms with Crippen molar-refractivity contribution < 1.29 is 4.74 Å². The predicted octanol–water partition coefficient (Wildman–Crippen LogP) is 3.26. The van der Waals surface area contributed by atoms with Crippen LogP contribution in [0.1, 0.15) is 18.3 Å². The van der Waals surface area contributed by atoms with Gasteiger partial charge in [0.05, 0.1) is 18.2 Å². The molecule has 0 radical (unpaired) electrons. The van der Waals surface area contributed by atoms with Gasteiger partial charge in [0, 0.05) is 11.4 Å². The summed E-state index contributed by atoms with van der Waals surface area (Å²) in [5.41, 5.74) is 1.80. The Hall–Kier alpha value is -0.410. The van der Waals surface area contributed by atoms with E-state index in [1.807, 2.05) is 30.8 Å². The molecule has 4 heteroatoms. The molecular weight excluding hydrogens is 230 g/mol. The third kappa shape index (κ3) is 4.31. The second-order valence-corrected chi connectivity index (χ2v) is 4.74. The summed E-state index contributed by atoms with van der Waals surface area (Å²) in [4.78, 5) is 4.33. The van der Waals surface area contributed by atoms with Crippen LogP contribution in [0.4, 0.5) is 0 Å². The molecule has 0 saturated carbocycles. The Balaban J connectivity index is 2.52. The van der Waals surface area contributed by atoms with Gasteiger partial charge in [0.15, 0.2) is 0 Å². The lowest BCUT2D eigenvalue weighted by atomic mass is 10.3. The van der Waals surface area contributed by atoms with E-state index in [4.69, 9.17) is 16.3 Å². The molecule has 1 aromatic rings. The maximum Gasteiger partial charge on any atom is 0.142 e. The fraction of sp³-hybridized carbons (Fsp3) is 0.545. The summed E-state index contributed by atoms with van der Waals surface area (Å²) in [6.45, 7) is 4.81. The number of pyridine rings is 1. The van der Waals surface area contributed by atoms with E-state index in [1.165, 1.54) is 0 Å². The van der Waals surface area contributed by atoms with E-state index in [2.05, 4.69) is 11.9 Å². The Kier molecular flexibility index (Phi) is 5.88. The van der Waals surface area contributed by atoms with Gasteiger partial charge in [-0.15, -0.1) is 11.6 Å². The first-order valence-corrected chi connectivity index (χ1v) is 6.70. The average molecular weight is 246 g/mol. The van der Waals surface area contributed by atoms with Crippen molar-refractivity contribution >= 4 is 23.4 Å². The van der Waals surface area contributed by atoms with Crippen LogP contribution in [-0.4, -0.2) is 23.1 Å². The van der Waals surface area contributed by atoms with Crippen LogP contribution in [0.15, 0.2) is 12.1 Å². The maximum atomic E-state index is 5.80. The van der Waals surface area contributed by atoms with Crippen molar-refractivity contribution in [1.29, 1.82) is 0 Å². The maximum absolute atomic E-state index is 5.80. The molecule has 0 bridgehead atoms. The fourth-order valence-corrected chi connectivity index (χ4v) is 1.86. The second kappa shape index (κ2) is 6.96. The quantitative estimate of drug-likeness (QED) is 0.567. The number of alkyl halides is 1. The predicted molar refractivity (Wildman–Crippen MR) is 67.0 cm³/mol. The number of aromatic nitrogens is 1. The first-order chi connectivity index (χ1) is 7.27. The topological polar surface area (TPSA) is 22.1 Å². The van der Waals surface area contributed by atoms with E-state index in [9.17, 15) is 0 Å². The Morgan fingerprint density at radius 3 is 2.93 bits per heavy atom. The van der Waals surface area contributed by atoms with Gasteiger partial charge in [-0.25, -0.2) is 0 Å². The summed E-state index contributed by atoms with van der Waals surface area (Å²) in [7, 11) is 0. The van der Waals surface area contributed by atoms with Gasteiger partial charge in [-0.3, -0.25) is 4.98 Å². The van der Waals surface area contributed by atoms with Gasteiger partial charge >= 0.3 is 0 Å². The van der Waals surface area contributed by atoms with Crippen LogP contribution in [0.3, 0.4) is 0 Å². The van der Waals surface area contributed by atoms with Gasteiger partial charge in [0.1, 0.15) is 5.75 Å². The number of halogens is 1. The van der Waals surface area contributed by atoms with E-state index in [0.717, 1.165) is 28.6 Å². The molecule has 0 aliphatic carbocycles. The van der Waals surface area contributed by atoms with Gasteiger partial charge in [-0.2, -0.15) is 11.8 Å². The number of aryl methyl sites for hydroxylation is 1. The lowest BCUT2D eigenvalue weighted by molar-refractivity contribution is 0.339. The molecule has 0 atom stereocenters. The zero-order chi connectivity index (χ0) is 11.1. The lowest BCUT2D eigenvalue weighted by Crippen LogP contribution is -2.03. The molecule has 0 aromatic carbocycles. The highest BCUT2D eigenvalue weighted by Crippen LogP contribution is 2.18. The van der Waals surface area contributed by atoms with E-state index >= 15 is 0 Å². The van der Waals surface area contributed by atoms with Crippen LogP contribution in [0, 0.1) is 6.92 Å². The first-order valence-electron chi connectivity index (χ1n) is 5.01. The number of thioether (sulfide) groups is 1. The minimum absolute atomic E-state index is 0.401. The highest BCUT2D eigenvalue weighted by molar-refractivity contribution is 7.99. The van der Waals surface area contributed by atoms with Crippen molar-refractivity contribution in [2.75, 3.05) is 18.1 Å². The van der Waals surface area contributed by atoms with Crippen LogP contribution >= 0.6 is 23.4 Å². The van der Waals surface area contributed by atoms with Crippen molar-refractivity contribution in [3.8, 4) is 5.75 Å². The van der Waals surface area contributed by atoms with Crippen LogP contribution < -0.4 is 4.74 Å². The van der Waals surface area contributed by atoms with Crippen LogP contribution in [0.25, 0.3) is 0 Å². The van der Waals surface area contributed by atoms with Gasteiger partial charge in [-0.1, -0.05) is 6.92 Å². The number of ether oxygens (including phenoxy) is 1. The zero-order valence-electron chi connectivity index (χ0n) is 9.12.